The maximum absolute atomic E-state index is 12.0. The van der Waals surface area contributed by atoms with Gasteiger partial charge in [-0.3, -0.25) is 4.79 Å². The number of aromatic nitrogens is 2. The summed E-state index contributed by atoms with van der Waals surface area (Å²) in [7, 11) is 0. The Balaban J connectivity index is 1.72. The van der Waals surface area contributed by atoms with Crippen LogP contribution in [0.4, 0.5) is 5.13 Å². The van der Waals surface area contributed by atoms with Crippen LogP contribution in [-0.2, 0) is 0 Å². The molecule has 1 aromatic rings. The summed E-state index contributed by atoms with van der Waals surface area (Å²) in [5, 5.41) is 14.9. The van der Waals surface area contributed by atoms with E-state index in [1.807, 2.05) is 6.92 Å². The molecule has 0 bridgehead atoms. The van der Waals surface area contributed by atoms with Crippen molar-refractivity contribution >= 4 is 22.4 Å². The smallest absolute Gasteiger partial charge is 0.282 e. The molecule has 2 N–H and O–H groups in total. The first-order valence-corrected chi connectivity index (χ1v) is 8.08. The lowest BCUT2D eigenvalue weighted by molar-refractivity contribution is 0.0944. The third-order valence-electron chi connectivity index (χ3n) is 3.33. The molecule has 1 amide bonds. The minimum absolute atomic E-state index is 0.125. The van der Waals surface area contributed by atoms with Gasteiger partial charge in [-0.2, -0.15) is 0 Å². The van der Waals surface area contributed by atoms with Gasteiger partial charge in [0.15, 0.2) is 0 Å². The van der Waals surface area contributed by atoms with Gasteiger partial charge in [0.05, 0.1) is 0 Å². The molecule has 1 fully saturated rings. The van der Waals surface area contributed by atoms with Crippen molar-refractivity contribution < 1.29 is 4.79 Å². The minimum Gasteiger partial charge on any atom is -0.360 e. The molecular formula is C13H23N5OS. The van der Waals surface area contributed by atoms with Crippen molar-refractivity contribution in [2.45, 2.75) is 26.7 Å². The molecule has 0 aromatic carbocycles. The Morgan fingerprint density at radius 2 is 2.15 bits per heavy atom. The second-order valence-electron chi connectivity index (χ2n) is 5.27. The van der Waals surface area contributed by atoms with Gasteiger partial charge in [0.1, 0.15) is 0 Å². The van der Waals surface area contributed by atoms with Crippen LogP contribution in [0.1, 0.15) is 36.5 Å². The largest absolute Gasteiger partial charge is 0.360 e. The second-order valence-corrected chi connectivity index (χ2v) is 6.24. The quantitative estimate of drug-likeness (QED) is 0.797. The van der Waals surface area contributed by atoms with E-state index < -0.39 is 0 Å². The Morgan fingerprint density at radius 3 is 2.85 bits per heavy atom. The summed E-state index contributed by atoms with van der Waals surface area (Å²) in [4.78, 5) is 14.4. The molecule has 1 saturated heterocycles. The molecule has 0 saturated carbocycles. The van der Waals surface area contributed by atoms with Crippen LogP contribution in [0.25, 0.3) is 0 Å². The first-order valence-electron chi connectivity index (χ1n) is 7.27. The number of hydrogen-bond acceptors (Lipinski definition) is 6. The molecule has 0 aliphatic carbocycles. The van der Waals surface area contributed by atoms with E-state index in [0.717, 1.165) is 13.1 Å². The zero-order valence-electron chi connectivity index (χ0n) is 12.2. The zero-order chi connectivity index (χ0) is 14.4. The van der Waals surface area contributed by atoms with E-state index in [0.29, 0.717) is 22.6 Å². The number of rotatable bonds is 7. The van der Waals surface area contributed by atoms with Crippen LogP contribution in [0.2, 0.25) is 0 Å². The summed E-state index contributed by atoms with van der Waals surface area (Å²) in [6.45, 7) is 9.07. The lowest BCUT2D eigenvalue weighted by Gasteiger charge is -2.20. The number of nitrogens with zero attached hydrogens (tertiary/aromatic N) is 3. The lowest BCUT2D eigenvalue weighted by Crippen LogP contribution is -2.34. The summed E-state index contributed by atoms with van der Waals surface area (Å²) in [6, 6.07) is 0. The molecule has 6 nitrogen and oxygen atoms in total. The van der Waals surface area contributed by atoms with Crippen molar-refractivity contribution in [2.75, 3.05) is 38.0 Å². The molecule has 1 aliphatic rings. The molecule has 1 aromatic heterocycles. The van der Waals surface area contributed by atoms with Gasteiger partial charge in [-0.15, -0.1) is 10.2 Å². The minimum atomic E-state index is -0.125. The van der Waals surface area contributed by atoms with Crippen molar-refractivity contribution in [2.24, 2.45) is 5.92 Å². The van der Waals surface area contributed by atoms with Crippen molar-refractivity contribution in [1.29, 1.82) is 0 Å². The third-order valence-corrected chi connectivity index (χ3v) is 4.21. The Labute approximate surface area is 124 Å². The van der Waals surface area contributed by atoms with E-state index in [4.69, 9.17) is 0 Å². The van der Waals surface area contributed by atoms with Crippen molar-refractivity contribution in [3.63, 3.8) is 0 Å². The normalized spacial score (nSPS) is 17.1. The molecule has 1 unspecified atom stereocenters. The van der Waals surface area contributed by atoms with Crippen molar-refractivity contribution in [3.8, 4) is 0 Å². The summed E-state index contributed by atoms with van der Waals surface area (Å²) in [5.74, 6) is 0.332. The van der Waals surface area contributed by atoms with Crippen molar-refractivity contribution in [3.05, 3.63) is 5.01 Å². The topological polar surface area (TPSA) is 70.1 Å². The second kappa shape index (κ2) is 7.54. The Morgan fingerprint density at radius 1 is 1.40 bits per heavy atom. The lowest BCUT2D eigenvalue weighted by atomic mass is 10.1. The van der Waals surface area contributed by atoms with E-state index in [-0.39, 0.29) is 5.91 Å². The van der Waals surface area contributed by atoms with E-state index in [1.54, 1.807) is 0 Å². The van der Waals surface area contributed by atoms with Gasteiger partial charge in [-0.25, -0.2) is 0 Å². The first kappa shape index (κ1) is 15.2. The number of carbonyl (C=O) groups is 1. The van der Waals surface area contributed by atoms with Crippen LogP contribution in [0.5, 0.6) is 0 Å². The van der Waals surface area contributed by atoms with Gasteiger partial charge in [0.25, 0.3) is 5.91 Å². The highest BCUT2D eigenvalue weighted by molar-refractivity contribution is 7.17. The number of nitrogens with one attached hydrogen (secondary N) is 2. The van der Waals surface area contributed by atoms with E-state index >= 15 is 0 Å². The fourth-order valence-corrected chi connectivity index (χ4v) is 3.08. The fourth-order valence-electron chi connectivity index (χ4n) is 2.35. The number of anilines is 1. The molecule has 1 aliphatic heterocycles. The molecule has 2 heterocycles. The zero-order valence-corrected chi connectivity index (χ0v) is 13.0. The van der Waals surface area contributed by atoms with E-state index in [9.17, 15) is 4.79 Å². The molecule has 2 rings (SSSR count). The third kappa shape index (κ3) is 4.42. The van der Waals surface area contributed by atoms with Gasteiger partial charge >= 0.3 is 0 Å². The first-order chi connectivity index (χ1) is 9.69. The molecule has 112 valence electrons. The average molecular weight is 297 g/mol. The molecular weight excluding hydrogens is 274 g/mol. The maximum Gasteiger partial charge on any atom is 0.282 e. The van der Waals surface area contributed by atoms with Gasteiger partial charge < -0.3 is 15.5 Å². The number of amides is 1. The van der Waals surface area contributed by atoms with Gasteiger partial charge in [0.2, 0.25) is 10.1 Å². The SMILES string of the molecule is CCNc1nnc(C(=O)NCC(C)CN2CCCC2)s1. The highest BCUT2D eigenvalue weighted by Crippen LogP contribution is 2.14. The molecule has 7 heteroatoms. The summed E-state index contributed by atoms with van der Waals surface area (Å²) < 4.78 is 0. The highest BCUT2D eigenvalue weighted by Gasteiger charge is 2.17. The number of hydrogen-bond donors (Lipinski definition) is 2. The van der Waals surface area contributed by atoms with E-state index in [2.05, 4.69) is 32.7 Å². The predicted octanol–water partition coefficient (Wildman–Crippen LogP) is 1.43. The van der Waals surface area contributed by atoms with Gasteiger partial charge in [0, 0.05) is 19.6 Å². The van der Waals surface area contributed by atoms with Crippen LogP contribution >= 0.6 is 11.3 Å². The Bertz CT molecular complexity index is 430. The predicted molar refractivity (Wildman–Crippen MR) is 81.2 cm³/mol. The summed E-state index contributed by atoms with van der Waals surface area (Å²) in [6.07, 6.45) is 2.61. The van der Waals surface area contributed by atoms with Crippen LogP contribution < -0.4 is 10.6 Å². The number of likely N-dealkylation sites (tertiary alicyclic amines) is 1. The molecule has 20 heavy (non-hydrogen) atoms. The number of carbonyl (C=O) groups excluding carboxylic acids is 1. The van der Waals surface area contributed by atoms with Gasteiger partial charge in [-0.05, 0) is 38.8 Å². The maximum atomic E-state index is 12.0. The fraction of sp³-hybridized carbons (Fsp3) is 0.769. The Kier molecular flexibility index (Phi) is 5.72. The van der Waals surface area contributed by atoms with Crippen LogP contribution in [0.15, 0.2) is 0 Å². The molecule has 0 radical (unpaired) electrons. The van der Waals surface area contributed by atoms with Gasteiger partial charge in [-0.1, -0.05) is 18.3 Å². The monoisotopic (exact) mass is 297 g/mol. The van der Waals surface area contributed by atoms with E-state index in [1.165, 1.54) is 37.3 Å². The summed E-state index contributed by atoms with van der Waals surface area (Å²) >= 11 is 1.29. The molecule has 0 spiro atoms. The van der Waals surface area contributed by atoms with Crippen LogP contribution in [0, 0.1) is 5.92 Å². The Hall–Kier alpha value is -1.21. The summed E-state index contributed by atoms with van der Waals surface area (Å²) in [5.41, 5.74) is 0. The standard InChI is InChI=1S/C13H23N5OS/c1-3-14-13-17-16-12(20-13)11(19)15-8-10(2)9-18-6-4-5-7-18/h10H,3-9H2,1-2H3,(H,14,17)(H,15,19). The average Bonchev–Trinajstić information content (AvgIpc) is 3.08. The highest BCUT2D eigenvalue weighted by atomic mass is 32.1. The molecule has 1 atom stereocenters. The van der Waals surface area contributed by atoms with Crippen molar-refractivity contribution in [1.82, 2.24) is 20.4 Å². The van der Waals surface area contributed by atoms with Crippen LogP contribution in [0.3, 0.4) is 0 Å². The van der Waals surface area contributed by atoms with Crippen LogP contribution in [-0.4, -0.2) is 53.7 Å².